The van der Waals surface area contributed by atoms with Crippen molar-refractivity contribution in [3.05, 3.63) is 46.7 Å². The summed E-state index contributed by atoms with van der Waals surface area (Å²) in [7, 11) is 0. The van der Waals surface area contributed by atoms with Gasteiger partial charge in [0.15, 0.2) is 5.78 Å². The first-order chi connectivity index (χ1) is 13.1. The van der Waals surface area contributed by atoms with Crippen LogP contribution in [0.3, 0.4) is 0 Å². The summed E-state index contributed by atoms with van der Waals surface area (Å²) < 4.78 is 5.73. The summed E-state index contributed by atoms with van der Waals surface area (Å²) in [6.45, 7) is 15.4. The number of ketones is 1. The summed E-state index contributed by atoms with van der Waals surface area (Å²) in [6.07, 6.45) is 5.87. The van der Waals surface area contributed by atoms with E-state index in [0.29, 0.717) is 12.4 Å². The van der Waals surface area contributed by atoms with Crippen molar-refractivity contribution in [2.24, 2.45) is 10.9 Å². The van der Waals surface area contributed by atoms with E-state index in [-0.39, 0.29) is 5.92 Å². The minimum absolute atomic E-state index is 0.284. The Morgan fingerprint density at radius 2 is 1.70 bits per heavy atom. The molecule has 152 valence electrons. The van der Waals surface area contributed by atoms with Gasteiger partial charge in [-0.25, -0.2) is 0 Å². The van der Waals surface area contributed by atoms with Crippen molar-refractivity contribution in [3.8, 4) is 0 Å². The summed E-state index contributed by atoms with van der Waals surface area (Å²) >= 11 is 0. The van der Waals surface area contributed by atoms with Crippen LogP contribution in [0.4, 0.5) is 0 Å². The SMILES string of the molecule is CC.CC.CC=NC(CCCOCc1ccc(C(=O)C2CC2)cc1)=C(C)C. The van der Waals surface area contributed by atoms with Gasteiger partial charge in [-0.15, -0.1) is 0 Å². The van der Waals surface area contributed by atoms with Crippen molar-refractivity contribution in [2.45, 2.75) is 80.8 Å². The zero-order chi connectivity index (χ0) is 20.7. The summed E-state index contributed by atoms with van der Waals surface area (Å²) in [6, 6.07) is 7.85. The number of hydrogen-bond donors (Lipinski definition) is 0. The second-order valence-corrected chi connectivity index (χ2v) is 6.33. The highest BCUT2D eigenvalue weighted by Gasteiger charge is 2.30. The predicted molar refractivity (Wildman–Crippen MR) is 118 cm³/mol. The first kappa shape index (κ1) is 25.3. The summed E-state index contributed by atoms with van der Waals surface area (Å²) in [5, 5.41) is 0. The standard InChI is InChI=1S/C20H27NO2.2C2H6/c1-4-21-19(15(2)3)6-5-13-23-14-16-7-9-17(10-8-16)20(22)18-11-12-18;2*1-2/h4,7-10,18H,5-6,11-14H2,1-3H3;2*1-2H3. The van der Waals surface area contributed by atoms with Crippen LogP contribution in [0, 0.1) is 5.92 Å². The van der Waals surface area contributed by atoms with Gasteiger partial charge in [0.05, 0.1) is 6.61 Å². The molecule has 0 N–H and O–H groups in total. The number of ether oxygens (including phenoxy) is 1. The third-order valence-corrected chi connectivity index (χ3v) is 4.02. The lowest BCUT2D eigenvalue weighted by atomic mass is 10.1. The van der Waals surface area contributed by atoms with Crippen LogP contribution in [0.2, 0.25) is 0 Å². The maximum atomic E-state index is 11.9. The average molecular weight is 374 g/mol. The molecule has 3 heteroatoms. The molecular weight excluding hydrogens is 334 g/mol. The second kappa shape index (κ2) is 15.3. The van der Waals surface area contributed by atoms with E-state index in [2.05, 4.69) is 18.8 Å². The Labute approximate surface area is 166 Å². The van der Waals surface area contributed by atoms with Crippen LogP contribution in [0.5, 0.6) is 0 Å². The Balaban J connectivity index is 0.00000158. The van der Waals surface area contributed by atoms with Crippen molar-refractivity contribution in [1.29, 1.82) is 0 Å². The van der Waals surface area contributed by atoms with Crippen molar-refractivity contribution >= 4 is 12.0 Å². The molecule has 1 saturated carbocycles. The van der Waals surface area contributed by atoms with E-state index in [4.69, 9.17) is 4.74 Å². The minimum Gasteiger partial charge on any atom is -0.377 e. The molecule has 0 unspecified atom stereocenters. The zero-order valence-electron chi connectivity index (χ0n) is 18.5. The van der Waals surface area contributed by atoms with Crippen LogP contribution < -0.4 is 0 Å². The van der Waals surface area contributed by atoms with Crippen LogP contribution in [0.1, 0.15) is 90.1 Å². The van der Waals surface area contributed by atoms with Crippen molar-refractivity contribution in [3.63, 3.8) is 0 Å². The molecule has 1 aliphatic rings. The molecule has 3 nitrogen and oxygen atoms in total. The van der Waals surface area contributed by atoms with Crippen LogP contribution in [-0.2, 0) is 11.3 Å². The number of benzene rings is 1. The second-order valence-electron chi connectivity index (χ2n) is 6.33. The van der Waals surface area contributed by atoms with E-state index < -0.39 is 0 Å². The minimum atomic E-state index is 0.284. The Kier molecular flexibility index (Phi) is 14.3. The van der Waals surface area contributed by atoms with Gasteiger partial charge in [0.2, 0.25) is 0 Å². The first-order valence-corrected chi connectivity index (χ1v) is 10.5. The Hall–Kier alpha value is -1.74. The Bertz CT molecular complexity index is 577. The monoisotopic (exact) mass is 373 g/mol. The normalized spacial score (nSPS) is 12.6. The van der Waals surface area contributed by atoms with Crippen LogP contribution in [0.25, 0.3) is 0 Å². The van der Waals surface area contributed by atoms with E-state index in [1.165, 1.54) is 5.57 Å². The Morgan fingerprint density at radius 3 is 2.19 bits per heavy atom. The van der Waals surface area contributed by atoms with Gasteiger partial charge in [0, 0.05) is 30.0 Å². The molecule has 1 aromatic rings. The van der Waals surface area contributed by atoms with Crippen LogP contribution >= 0.6 is 0 Å². The molecule has 0 amide bonds. The Morgan fingerprint density at radius 1 is 1.11 bits per heavy atom. The average Bonchev–Trinajstić information content (AvgIpc) is 3.55. The molecule has 0 bridgehead atoms. The number of carbonyl (C=O) groups excluding carboxylic acids is 1. The molecule has 1 aliphatic carbocycles. The molecule has 0 radical (unpaired) electrons. The van der Waals surface area contributed by atoms with Crippen LogP contribution in [0.15, 0.2) is 40.5 Å². The summed E-state index contributed by atoms with van der Waals surface area (Å²) in [5.74, 6) is 0.579. The largest absolute Gasteiger partial charge is 0.377 e. The lowest BCUT2D eigenvalue weighted by Crippen LogP contribution is -2.02. The molecule has 0 spiro atoms. The van der Waals surface area contributed by atoms with Gasteiger partial charge in [-0.3, -0.25) is 9.79 Å². The number of allylic oxidation sites excluding steroid dienone is 2. The first-order valence-electron chi connectivity index (χ1n) is 10.5. The molecular formula is C24H39NO2. The van der Waals surface area contributed by atoms with Gasteiger partial charge in [-0.05, 0) is 52.0 Å². The summed E-state index contributed by atoms with van der Waals surface area (Å²) in [4.78, 5) is 16.3. The van der Waals surface area contributed by atoms with E-state index >= 15 is 0 Å². The van der Waals surface area contributed by atoms with Gasteiger partial charge in [-0.2, -0.15) is 0 Å². The highest BCUT2D eigenvalue weighted by molar-refractivity contribution is 5.99. The lowest BCUT2D eigenvalue weighted by Gasteiger charge is -2.07. The number of hydrogen-bond acceptors (Lipinski definition) is 3. The highest BCUT2D eigenvalue weighted by Crippen LogP contribution is 2.32. The zero-order valence-corrected chi connectivity index (χ0v) is 18.5. The molecule has 27 heavy (non-hydrogen) atoms. The van der Waals surface area contributed by atoms with Crippen molar-refractivity contribution in [2.75, 3.05) is 6.61 Å². The van der Waals surface area contributed by atoms with Gasteiger partial charge in [-0.1, -0.05) is 57.5 Å². The smallest absolute Gasteiger partial charge is 0.165 e. The number of rotatable bonds is 9. The number of nitrogens with zero attached hydrogens (tertiary/aromatic N) is 1. The van der Waals surface area contributed by atoms with Gasteiger partial charge >= 0.3 is 0 Å². The number of carbonyl (C=O) groups is 1. The number of aliphatic imine (C=N–C) groups is 1. The number of Topliss-reactive ketones (excluding diaryl/α,β-unsaturated/α-hetero) is 1. The maximum absolute atomic E-state index is 11.9. The summed E-state index contributed by atoms with van der Waals surface area (Å²) in [5.41, 5.74) is 4.37. The molecule has 1 aromatic carbocycles. The fourth-order valence-corrected chi connectivity index (χ4v) is 2.48. The third kappa shape index (κ3) is 10.2. The molecule has 0 aliphatic heterocycles. The van der Waals surface area contributed by atoms with E-state index in [1.54, 1.807) is 0 Å². The van der Waals surface area contributed by atoms with Crippen molar-refractivity contribution in [1.82, 2.24) is 0 Å². The van der Waals surface area contributed by atoms with E-state index in [1.807, 2.05) is 65.1 Å². The molecule has 0 atom stereocenters. The molecule has 0 saturated heterocycles. The third-order valence-electron chi connectivity index (χ3n) is 4.02. The van der Waals surface area contributed by atoms with E-state index in [9.17, 15) is 4.79 Å². The maximum Gasteiger partial charge on any atom is 0.165 e. The van der Waals surface area contributed by atoms with Gasteiger partial charge in [0.25, 0.3) is 0 Å². The molecule has 0 heterocycles. The van der Waals surface area contributed by atoms with Gasteiger partial charge in [0.1, 0.15) is 0 Å². The topological polar surface area (TPSA) is 38.7 Å². The lowest BCUT2D eigenvalue weighted by molar-refractivity contribution is 0.0967. The van der Waals surface area contributed by atoms with Gasteiger partial charge < -0.3 is 4.74 Å². The fourth-order valence-electron chi connectivity index (χ4n) is 2.48. The molecule has 2 rings (SSSR count). The fraction of sp³-hybridized carbons (Fsp3) is 0.583. The predicted octanol–water partition coefficient (Wildman–Crippen LogP) is 7.01. The highest BCUT2D eigenvalue weighted by atomic mass is 16.5. The molecule has 0 aromatic heterocycles. The van der Waals surface area contributed by atoms with Crippen molar-refractivity contribution < 1.29 is 9.53 Å². The quantitative estimate of drug-likeness (QED) is 0.265. The molecule has 1 fully saturated rings. The van der Waals surface area contributed by atoms with E-state index in [0.717, 1.165) is 49.1 Å². The van der Waals surface area contributed by atoms with Crippen LogP contribution in [-0.4, -0.2) is 18.6 Å².